The number of nitrogens with one attached hydrogen (secondary N) is 3. The summed E-state index contributed by atoms with van der Waals surface area (Å²) in [5.74, 6) is 0.803. The number of benzene rings is 6. The number of hydrogen-bond acceptors (Lipinski definition) is 17. The van der Waals surface area contributed by atoms with Gasteiger partial charge in [-0.2, -0.15) is 15.3 Å². The van der Waals surface area contributed by atoms with Crippen LogP contribution < -0.4 is 48.1 Å². The summed E-state index contributed by atoms with van der Waals surface area (Å²) in [7, 11) is 7.76. The molecule has 3 fully saturated rings. The second-order valence-corrected chi connectivity index (χ2v) is 28.8. The first-order valence-electron chi connectivity index (χ1n) is 37.4. The topological polar surface area (TPSA) is 325 Å². The summed E-state index contributed by atoms with van der Waals surface area (Å²) >= 11 is 0. The van der Waals surface area contributed by atoms with E-state index in [1.54, 1.807) is 70.5 Å². The minimum Gasteiger partial charge on any atom is -0.457 e. The van der Waals surface area contributed by atoms with Crippen molar-refractivity contribution < 1.29 is 41.8 Å². The molecule has 12 aromatic rings. The molecule has 9 N–H and O–H groups in total. The molecule has 26 nitrogen and oxygen atoms in total. The number of nitrogens with two attached hydrogens (primary N) is 3. The number of likely N-dealkylation sites (N-methyl/N-ethyl adjacent to an activating group) is 2. The number of nitrogen functional groups attached to an aromatic ring is 3. The molecule has 9 heterocycles. The molecule has 6 aromatic heterocycles. The normalized spacial score (nSPS) is 15.8. The molecule has 0 spiro atoms. The minimum absolute atomic E-state index is 0.0370. The molecule has 29 heteroatoms. The smallest absolute Gasteiger partial charge is 0.288 e. The van der Waals surface area contributed by atoms with E-state index in [-0.39, 0.29) is 81.5 Å². The van der Waals surface area contributed by atoms with Crippen LogP contribution in [0.3, 0.4) is 0 Å². The van der Waals surface area contributed by atoms with E-state index < -0.39 is 17.4 Å². The van der Waals surface area contributed by atoms with Crippen molar-refractivity contribution in [3.8, 4) is 67.9 Å². The van der Waals surface area contributed by atoms with Crippen LogP contribution in [0.4, 0.5) is 30.6 Å². The van der Waals surface area contributed by atoms with Gasteiger partial charge in [-0.3, -0.25) is 28.8 Å². The van der Waals surface area contributed by atoms with Crippen LogP contribution in [0.2, 0.25) is 0 Å². The molecule has 2 unspecified atom stereocenters. The number of hydrogen-bond donors (Lipinski definition) is 6. The molecule has 0 saturated carbocycles. The first kappa shape index (κ1) is 78.8. The van der Waals surface area contributed by atoms with E-state index in [1.165, 1.54) is 29.8 Å². The number of amides is 3. The molecular formula is C85H88F3N17O9. The van der Waals surface area contributed by atoms with E-state index in [2.05, 4.69) is 37.2 Å². The molecule has 3 atom stereocenters. The highest BCUT2D eigenvalue weighted by atomic mass is 19.1. The van der Waals surface area contributed by atoms with E-state index in [4.69, 9.17) is 31.4 Å². The molecule has 3 aliphatic heterocycles. The summed E-state index contributed by atoms with van der Waals surface area (Å²) in [6, 6.07) is 38.5. The summed E-state index contributed by atoms with van der Waals surface area (Å²) in [6.07, 6.45) is 18.8. The number of halogens is 3. The third-order valence-corrected chi connectivity index (χ3v) is 20.2. The maximum atomic E-state index is 14.0. The van der Waals surface area contributed by atoms with Crippen LogP contribution in [-0.2, 0) is 14.4 Å². The highest BCUT2D eigenvalue weighted by molar-refractivity contribution is 6.04. The number of para-hydroxylation sites is 1. The number of piperidine rings is 3. The first-order chi connectivity index (χ1) is 55.0. The van der Waals surface area contributed by atoms with Crippen molar-refractivity contribution in [2.45, 2.75) is 63.6 Å². The fourth-order valence-corrected chi connectivity index (χ4v) is 14.6. The number of aromatic amines is 3. The largest absolute Gasteiger partial charge is 0.457 e. The SMILES string of the molecule is C=CC(=O)N1CCCC(n2cc(-c3ccc(Oc4ccc(C)cc4)cc3)c3c(N)n[nH]c(=O)c32)C1.CN(C)C/C=C/C(=O)N1CCCC(n2cc(-c3ccc(Oc4ccc(F)cc4)cc3)c3c(N)n[nH]c(=O)c32)C1.CN(C)C/C=C/C(=O)N1CCC[C@@H](n2cc(-c3ccc(Oc4c(F)cccc4F)cc3)c3c(N)n[nH]c(=O)c32)C1. The number of fused-ring (bicyclic) bond motifs is 3. The Hall–Kier alpha value is -13.3. The predicted molar refractivity (Wildman–Crippen MR) is 435 cm³/mol. The number of rotatable bonds is 19. The van der Waals surface area contributed by atoms with Gasteiger partial charge in [0, 0.05) is 99.8 Å². The molecule has 3 saturated heterocycles. The molecule has 0 radical (unpaired) electrons. The lowest BCUT2D eigenvalue weighted by Gasteiger charge is -2.33. The van der Waals surface area contributed by atoms with Gasteiger partial charge in [0.2, 0.25) is 17.7 Å². The van der Waals surface area contributed by atoms with Gasteiger partial charge >= 0.3 is 0 Å². The number of likely N-dealkylation sites (tertiary alicyclic amines) is 3. The summed E-state index contributed by atoms with van der Waals surface area (Å²) in [5.41, 5.74) is 24.9. The van der Waals surface area contributed by atoms with Gasteiger partial charge in [0.1, 0.15) is 51.1 Å². The van der Waals surface area contributed by atoms with E-state index in [0.29, 0.717) is 113 Å². The van der Waals surface area contributed by atoms with Crippen molar-refractivity contribution in [1.82, 2.24) is 68.8 Å². The standard InChI is InChI=1S/C29H30F2N6O3.C29H31FN6O3.C27H27N5O3/c1-35(2)14-5-9-24(38)36-15-4-6-19(16-36)37-17-21(25-26(37)29(39)34-33-28(25)32)18-10-12-20(13-11-18)40-27-22(30)7-3-8-23(27)31;1-34(2)15-4-6-25(37)35-16-3-5-21(17-35)36-18-24(26-27(36)29(38)33-32-28(26)31)19-7-11-22(12-8-19)39-23-13-9-20(30)10-14-23;1-3-23(33)31-14-4-5-19(15-31)32-16-22(24-25(32)27(34)30-29-26(24)28)18-8-12-21(13-9-18)35-20-10-6-17(2)7-11-20/h3,5,7-13,17,19H,4,6,14-16H2,1-2H3,(H2,32,33)(H,34,39);4,6-14,18,21H,3,5,15-17H2,1-2H3,(H2,31,32)(H,33,38);3,6-13,16,19H,1,4-5,14-15H2,2H3,(H2,28,29)(H,30,34)/b9-5+;6-4+;/t19-;;/m1../s1. The third kappa shape index (κ3) is 17.9. The van der Waals surface area contributed by atoms with E-state index in [1.807, 2.05) is 155 Å². The van der Waals surface area contributed by atoms with Crippen LogP contribution >= 0.6 is 0 Å². The van der Waals surface area contributed by atoms with Gasteiger partial charge in [0.05, 0.1) is 34.3 Å². The van der Waals surface area contributed by atoms with Crippen molar-refractivity contribution in [3.63, 3.8) is 0 Å². The Morgan fingerprint density at radius 3 is 1.12 bits per heavy atom. The predicted octanol–water partition coefficient (Wildman–Crippen LogP) is 12.9. The van der Waals surface area contributed by atoms with Crippen molar-refractivity contribution in [3.05, 3.63) is 249 Å². The van der Waals surface area contributed by atoms with Crippen molar-refractivity contribution in [2.24, 2.45) is 0 Å². The maximum Gasteiger partial charge on any atom is 0.288 e. The number of H-pyrrole nitrogens is 3. The number of ether oxygens (including phenoxy) is 3. The summed E-state index contributed by atoms with van der Waals surface area (Å²) in [5, 5.41) is 21.2. The first-order valence-corrected chi connectivity index (χ1v) is 37.4. The Morgan fingerprint density at radius 2 is 0.789 bits per heavy atom. The number of anilines is 3. The molecule has 3 amide bonds. The zero-order valence-electron chi connectivity index (χ0n) is 63.7. The fourth-order valence-electron chi connectivity index (χ4n) is 14.6. The van der Waals surface area contributed by atoms with Crippen LogP contribution in [-0.4, -0.2) is 167 Å². The number of aromatic nitrogens is 9. The molecule has 0 bridgehead atoms. The molecule has 114 heavy (non-hydrogen) atoms. The van der Waals surface area contributed by atoms with Gasteiger partial charge in [0.25, 0.3) is 16.7 Å². The van der Waals surface area contributed by atoms with E-state index >= 15 is 0 Å². The number of nitrogens with zero attached hydrogens (tertiary/aromatic N) is 11. The molecule has 3 aliphatic rings. The zero-order valence-corrected chi connectivity index (χ0v) is 63.7. The third-order valence-electron chi connectivity index (χ3n) is 20.2. The highest BCUT2D eigenvalue weighted by Gasteiger charge is 2.32. The summed E-state index contributed by atoms with van der Waals surface area (Å²) in [4.78, 5) is 86.1. The van der Waals surface area contributed by atoms with Crippen LogP contribution in [0.25, 0.3) is 66.1 Å². The Balaban J connectivity index is 0.000000150. The Bertz CT molecular complexity index is 5730. The Kier molecular flexibility index (Phi) is 24.2. The van der Waals surface area contributed by atoms with E-state index in [0.717, 1.165) is 78.7 Å². The molecule has 0 aliphatic carbocycles. The molecular weight excluding hydrogens is 1460 g/mol. The van der Waals surface area contributed by atoms with Gasteiger partial charge in [-0.1, -0.05) is 78.9 Å². The van der Waals surface area contributed by atoms with Gasteiger partial charge in [-0.15, -0.1) is 0 Å². The molecule has 588 valence electrons. The summed E-state index contributed by atoms with van der Waals surface area (Å²) < 4.78 is 64.3. The second kappa shape index (κ2) is 35.0. The Labute approximate surface area is 653 Å². The minimum atomic E-state index is -0.807. The van der Waals surface area contributed by atoms with Crippen LogP contribution in [0, 0.1) is 24.4 Å². The van der Waals surface area contributed by atoms with Crippen LogP contribution in [0.5, 0.6) is 34.5 Å². The average molecular weight is 1550 g/mol. The second-order valence-electron chi connectivity index (χ2n) is 28.8. The monoisotopic (exact) mass is 1550 g/mol. The average Bonchev–Trinajstić information content (AvgIpc) is 1.61. The van der Waals surface area contributed by atoms with Gasteiger partial charge < -0.3 is 69.6 Å². The maximum absolute atomic E-state index is 14.0. The quantitative estimate of drug-likeness (QED) is 0.0410. The van der Waals surface area contributed by atoms with Gasteiger partial charge in [0.15, 0.2) is 34.8 Å². The lowest BCUT2D eigenvalue weighted by atomic mass is 10.1. The van der Waals surface area contributed by atoms with E-state index in [9.17, 15) is 41.9 Å². The number of aryl methyl sites for hydroxylation is 1. The molecule has 6 aromatic carbocycles. The van der Waals surface area contributed by atoms with Crippen molar-refractivity contribution in [2.75, 3.05) is 97.7 Å². The van der Waals surface area contributed by atoms with Crippen molar-refractivity contribution >= 4 is 67.9 Å². The summed E-state index contributed by atoms with van der Waals surface area (Å²) in [6.45, 7) is 10.4. The fraction of sp³-hybridized carbons (Fsp3) is 0.259. The van der Waals surface area contributed by atoms with Crippen LogP contribution in [0.1, 0.15) is 62.2 Å². The van der Waals surface area contributed by atoms with Gasteiger partial charge in [-0.25, -0.2) is 28.5 Å². The van der Waals surface area contributed by atoms with Crippen molar-refractivity contribution in [1.29, 1.82) is 0 Å². The Morgan fingerprint density at radius 1 is 0.474 bits per heavy atom. The number of carbonyl (C=O) groups is 3. The highest BCUT2D eigenvalue weighted by Crippen LogP contribution is 2.41. The lowest BCUT2D eigenvalue weighted by Crippen LogP contribution is -2.40. The van der Waals surface area contributed by atoms with Gasteiger partial charge in [-0.05, 0) is 181 Å². The lowest BCUT2D eigenvalue weighted by molar-refractivity contribution is -0.128. The number of carbonyl (C=O) groups excluding carboxylic acids is 3. The van der Waals surface area contributed by atoms with Crippen LogP contribution in [0.15, 0.2) is 209 Å². The molecule has 15 rings (SSSR count). The zero-order chi connectivity index (χ0) is 80.4.